The summed E-state index contributed by atoms with van der Waals surface area (Å²) in [5.41, 5.74) is 0. The molecule has 1 unspecified atom stereocenters. The molecule has 1 fully saturated rings. The third-order valence-corrected chi connectivity index (χ3v) is 4.31. The number of hydrogen-bond donors (Lipinski definition) is 3. The van der Waals surface area contributed by atoms with Crippen molar-refractivity contribution in [3.63, 3.8) is 0 Å². The van der Waals surface area contributed by atoms with Crippen molar-refractivity contribution in [1.29, 1.82) is 0 Å². The Labute approximate surface area is 108 Å². The molecule has 1 amide bonds. The Kier molecular flexibility index (Phi) is 5.51. The number of carbonyl (C=O) groups excluding carboxylic acids is 1. The average molecular weight is 278 g/mol. The molecular weight excluding hydrogens is 256 g/mol. The van der Waals surface area contributed by atoms with Gasteiger partial charge < -0.3 is 10.6 Å². The van der Waals surface area contributed by atoms with Gasteiger partial charge in [0.15, 0.2) is 0 Å². The zero-order valence-corrected chi connectivity index (χ0v) is 11.9. The van der Waals surface area contributed by atoms with Gasteiger partial charge >= 0.3 is 0 Å². The molecule has 3 N–H and O–H groups in total. The van der Waals surface area contributed by atoms with E-state index in [-0.39, 0.29) is 11.8 Å². The van der Waals surface area contributed by atoms with E-state index in [4.69, 9.17) is 0 Å². The SMILES string of the molecule is CNC(=O)C1CNCCN1S(=O)(=O)NCC(C)C. The third kappa shape index (κ3) is 3.91. The summed E-state index contributed by atoms with van der Waals surface area (Å²) in [7, 11) is -2.10. The Morgan fingerprint density at radius 3 is 2.72 bits per heavy atom. The molecule has 0 aliphatic carbocycles. The first kappa shape index (κ1) is 15.4. The molecule has 0 aromatic carbocycles. The molecular formula is C10H22N4O3S. The van der Waals surface area contributed by atoms with Crippen LogP contribution in [-0.4, -0.2) is 57.9 Å². The fraction of sp³-hybridized carbons (Fsp3) is 0.900. The first-order valence-corrected chi connectivity index (χ1v) is 7.51. The van der Waals surface area contributed by atoms with Gasteiger partial charge in [-0.15, -0.1) is 0 Å². The number of carbonyl (C=O) groups is 1. The molecule has 1 aliphatic heterocycles. The van der Waals surface area contributed by atoms with E-state index in [0.29, 0.717) is 26.2 Å². The first-order valence-electron chi connectivity index (χ1n) is 6.07. The Morgan fingerprint density at radius 2 is 2.17 bits per heavy atom. The van der Waals surface area contributed by atoms with Crippen LogP contribution in [0.25, 0.3) is 0 Å². The normalized spacial score (nSPS) is 22.1. The van der Waals surface area contributed by atoms with Crippen LogP contribution in [-0.2, 0) is 15.0 Å². The highest BCUT2D eigenvalue weighted by Gasteiger charge is 2.36. The molecule has 1 atom stereocenters. The van der Waals surface area contributed by atoms with Crippen LogP contribution in [0.15, 0.2) is 0 Å². The van der Waals surface area contributed by atoms with Crippen LogP contribution < -0.4 is 15.4 Å². The van der Waals surface area contributed by atoms with E-state index < -0.39 is 16.3 Å². The Bertz CT molecular complexity index is 383. The van der Waals surface area contributed by atoms with E-state index in [1.54, 1.807) is 0 Å². The highest BCUT2D eigenvalue weighted by molar-refractivity contribution is 7.87. The third-order valence-electron chi connectivity index (χ3n) is 2.73. The van der Waals surface area contributed by atoms with E-state index in [9.17, 15) is 13.2 Å². The number of nitrogens with zero attached hydrogens (tertiary/aromatic N) is 1. The van der Waals surface area contributed by atoms with Crippen LogP contribution in [0.1, 0.15) is 13.8 Å². The second-order valence-corrected chi connectivity index (χ2v) is 6.40. The smallest absolute Gasteiger partial charge is 0.280 e. The quantitative estimate of drug-likeness (QED) is 0.571. The molecule has 7 nitrogen and oxygen atoms in total. The molecule has 18 heavy (non-hydrogen) atoms. The lowest BCUT2D eigenvalue weighted by Gasteiger charge is -2.33. The molecule has 1 saturated heterocycles. The summed E-state index contributed by atoms with van der Waals surface area (Å²) in [6.45, 7) is 5.41. The van der Waals surface area contributed by atoms with Gasteiger partial charge in [-0.1, -0.05) is 13.8 Å². The van der Waals surface area contributed by atoms with E-state index >= 15 is 0 Å². The highest BCUT2D eigenvalue weighted by atomic mass is 32.2. The van der Waals surface area contributed by atoms with Crippen LogP contribution >= 0.6 is 0 Å². The van der Waals surface area contributed by atoms with Gasteiger partial charge in [-0.3, -0.25) is 4.79 Å². The van der Waals surface area contributed by atoms with Crippen molar-refractivity contribution in [2.24, 2.45) is 5.92 Å². The standard InChI is InChI=1S/C10H22N4O3S/c1-8(2)6-13-18(16,17)14-5-4-12-7-9(14)10(15)11-3/h8-9,12-13H,4-7H2,1-3H3,(H,11,15). The lowest BCUT2D eigenvalue weighted by molar-refractivity contribution is -0.124. The molecule has 1 aliphatic rings. The Hall–Kier alpha value is -0.700. The number of likely N-dealkylation sites (N-methyl/N-ethyl adjacent to an activating group) is 1. The van der Waals surface area contributed by atoms with Crippen LogP contribution in [0, 0.1) is 5.92 Å². The molecule has 1 heterocycles. The van der Waals surface area contributed by atoms with Gasteiger partial charge in [0.1, 0.15) is 6.04 Å². The molecule has 0 radical (unpaired) electrons. The van der Waals surface area contributed by atoms with Gasteiger partial charge in [-0.2, -0.15) is 12.7 Å². The molecule has 1 rings (SSSR count). The van der Waals surface area contributed by atoms with Crippen molar-refractivity contribution in [3.05, 3.63) is 0 Å². The zero-order valence-electron chi connectivity index (χ0n) is 11.1. The van der Waals surface area contributed by atoms with Gasteiger partial charge in [0.2, 0.25) is 5.91 Å². The van der Waals surface area contributed by atoms with Crippen LogP contribution in [0.2, 0.25) is 0 Å². The van der Waals surface area contributed by atoms with E-state index in [0.717, 1.165) is 0 Å². The average Bonchev–Trinajstić information content (AvgIpc) is 2.35. The van der Waals surface area contributed by atoms with Crippen molar-refractivity contribution >= 4 is 16.1 Å². The minimum Gasteiger partial charge on any atom is -0.358 e. The second kappa shape index (κ2) is 6.46. The summed E-state index contributed by atoms with van der Waals surface area (Å²) >= 11 is 0. The summed E-state index contributed by atoms with van der Waals surface area (Å²) in [6.07, 6.45) is 0. The Balaban J connectivity index is 2.79. The Morgan fingerprint density at radius 1 is 1.50 bits per heavy atom. The zero-order chi connectivity index (χ0) is 13.8. The summed E-state index contributed by atoms with van der Waals surface area (Å²) in [5, 5.41) is 5.51. The summed E-state index contributed by atoms with van der Waals surface area (Å²) < 4.78 is 28.0. The molecule has 0 bridgehead atoms. The van der Waals surface area contributed by atoms with Crippen LogP contribution in [0.5, 0.6) is 0 Å². The number of piperazine rings is 1. The highest BCUT2D eigenvalue weighted by Crippen LogP contribution is 2.09. The molecule has 0 spiro atoms. The maximum atomic E-state index is 12.1. The van der Waals surface area contributed by atoms with Crippen molar-refractivity contribution in [2.45, 2.75) is 19.9 Å². The predicted molar refractivity (Wildman–Crippen MR) is 69.2 cm³/mol. The van der Waals surface area contributed by atoms with Crippen molar-refractivity contribution in [1.82, 2.24) is 19.7 Å². The molecule has 8 heteroatoms. The topological polar surface area (TPSA) is 90.5 Å². The van der Waals surface area contributed by atoms with Crippen molar-refractivity contribution in [3.8, 4) is 0 Å². The van der Waals surface area contributed by atoms with Crippen LogP contribution in [0.4, 0.5) is 0 Å². The lowest BCUT2D eigenvalue weighted by Crippen LogP contribution is -2.61. The maximum Gasteiger partial charge on any atom is 0.280 e. The second-order valence-electron chi connectivity index (χ2n) is 4.69. The maximum absolute atomic E-state index is 12.1. The lowest BCUT2D eigenvalue weighted by atomic mass is 10.2. The van der Waals surface area contributed by atoms with E-state index in [1.165, 1.54) is 11.4 Å². The number of amides is 1. The number of hydrogen-bond acceptors (Lipinski definition) is 4. The van der Waals surface area contributed by atoms with E-state index in [1.807, 2.05) is 13.8 Å². The largest absolute Gasteiger partial charge is 0.358 e. The fourth-order valence-corrected chi connectivity index (χ4v) is 3.27. The summed E-state index contributed by atoms with van der Waals surface area (Å²) in [5.74, 6) is -0.0711. The number of nitrogens with one attached hydrogen (secondary N) is 3. The van der Waals surface area contributed by atoms with Gasteiger partial charge in [0, 0.05) is 33.2 Å². The molecule has 0 aromatic rings. The van der Waals surface area contributed by atoms with Gasteiger partial charge in [-0.05, 0) is 5.92 Å². The summed E-state index contributed by atoms with van der Waals surface area (Å²) in [4.78, 5) is 11.7. The van der Waals surface area contributed by atoms with Gasteiger partial charge in [-0.25, -0.2) is 4.72 Å². The monoisotopic (exact) mass is 278 g/mol. The summed E-state index contributed by atoms with van der Waals surface area (Å²) in [6, 6.07) is -0.687. The van der Waals surface area contributed by atoms with Gasteiger partial charge in [0.05, 0.1) is 0 Å². The first-order chi connectivity index (χ1) is 8.38. The minimum absolute atomic E-state index is 0.223. The van der Waals surface area contributed by atoms with Crippen molar-refractivity contribution < 1.29 is 13.2 Å². The van der Waals surface area contributed by atoms with E-state index in [2.05, 4.69) is 15.4 Å². The molecule has 106 valence electrons. The fourth-order valence-electron chi connectivity index (χ4n) is 1.72. The minimum atomic E-state index is -3.60. The predicted octanol–water partition coefficient (Wildman–Crippen LogP) is -1.50. The molecule has 0 aromatic heterocycles. The molecule has 0 saturated carbocycles. The number of rotatable bonds is 5. The van der Waals surface area contributed by atoms with Crippen LogP contribution in [0.3, 0.4) is 0 Å². The van der Waals surface area contributed by atoms with Crippen molar-refractivity contribution in [2.75, 3.05) is 33.2 Å². The van der Waals surface area contributed by atoms with Gasteiger partial charge in [0.25, 0.3) is 10.2 Å².